The molecular formula is C11H15Cl2NO2. The van der Waals surface area contributed by atoms with Crippen molar-refractivity contribution in [3.05, 3.63) is 33.8 Å². The van der Waals surface area contributed by atoms with Gasteiger partial charge in [-0.05, 0) is 30.7 Å². The number of hydrogen-bond donors (Lipinski definition) is 3. The fourth-order valence-electron chi connectivity index (χ4n) is 1.15. The monoisotopic (exact) mass is 263 g/mol. The van der Waals surface area contributed by atoms with Crippen molar-refractivity contribution >= 4 is 23.2 Å². The van der Waals surface area contributed by atoms with Crippen LogP contribution in [-0.2, 0) is 6.54 Å². The Bertz CT molecular complexity index is 354. The van der Waals surface area contributed by atoms with Crippen LogP contribution in [0.2, 0.25) is 10.0 Å². The highest BCUT2D eigenvalue weighted by atomic mass is 35.5. The molecule has 3 nitrogen and oxygen atoms in total. The molecule has 0 aromatic heterocycles. The number of benzene rings is 1. The van der Waals surface area contributed by atoms with E-state index in [1.165, 1.54) is 0 Å². The third-order valence-corrected chi connectivity index (χ3v) is 3.02. The van der Waals surface area contributed by atoms with E-state index < -0.39 is 5.54 Å². The Kier molecular flexibility index (Phi) is 5.02. The van der Waals surface area contributed by atoms with Crippen LogP contribution in [0, 0.1) is 0 Å². The van der Waals surface area contributed by atoms with Crippen LogP contribution in [0.3, 0.4) is 0 Å². The van der Waals surface area contributed by atoms with Gasteiger partial charge in [-0.3, -0.25) is 0 Å². The Morgan fingerprint density at radius 3 is 2.44 bits per heavy atom. The lowest BCUT2D eigenvalue weighted by atomic mass is 10.0. The predicted molar refractivity (Wildman–Crippen MR) is 65.9 cm³/mol. The molecule has 0 aliphatic carbocycles. The zero-order valence-corrected chi connectivity index (χ0v) is 10.5. The van der Waals surface area contributed by atoms with Crippen LogP contribution in [-0.4, -0.2) is 29.0 Å². The number of aliphatic hydroxyl groups excluding tert-OH is 2. The summed E-state index contributed by atoms with van der Waals surface area (Å²) in [6, 6.07) is 5.19. The summed E-state index contributed by atoms with van der Waals surface area (Å²) < 4.78 is 0. The van der Waals surface area contributed by atoms with Crippen molar-refractivity contribution in [2.75, 3.05) is 13.2 Å². The van der Waals surface area contributed by atoms with Crippen molar-refractivity contribution in [3.8, 4) is 0 Å². The molecule has 0 amide bonds. The predicted octanol–water partition coefficient (Wildman–Crippen LogP) is 1.83. The number of halogens is 2. The molecule has 90 valence electrons. The van der Waals surface area contributed by atoms with E-state index in [-0.39, 0.29) is 13.2 Å². The number of nitrogens with one attached hydrogen (secondary N) is 1. The minimum atomic E-state index is -0.717. The van der Waals surface area contributed by atoms with E-state index in [9.17, 15) is 0 Å². The number of aliphatic hydroxyl groups is 2. The molecule has 0 aliphatic rings. The molecule has 1 rings (SSSR count). The maximum absolute atomic E-state index is 9.11. The van der Waals surface area contributed by atoms with Crippen molar-refractivity contribution in [3.63, 3.8) is 0 Å². The molecule has 0 spiro atoms. The molecule has 0 unspecified atom stereocenters. The summed E-state index contributed by atoms with van der Waals surface area (Å²) in [6.07, 6.45) is 0. The zero-order valence-electron chi connectivity index (χ0n) is 9.00. The van der Waals surface area contributed by atoms with Gasteiger partial charge in [-0.25, -0.2) is 0 Å². The van der Waals surface area contributed by atoms with E-state index in [4.69, 9.17) is 33.4 Å². The second-order valence-corrected chi connectivity index (χ2v) is 4.81. The van der Waals surface area contributed by atoms with Gasteiger partial charge in [-0.1, -0.05) is 23.2 Å². The summed E-state index contributed by atoms with van der Waals surface area (Å²) >= 11 is 11.8. The zero-order chi connectivity index (χ0) is 12.2. The fourth-order valence-corrected chi connectivity index (χ4v) is 1.53. The van der Waals surface area contributed by atoms with Crippen LogP contribution in [0.15, 0.2) is 18.2 Å². The third kappa shape index (κ3) is 3.61. The van der Waals surface area contributed by atoms with Crippen molar-refractivity contribution in [1.29, 1.82) is 0 Å². The van der Waals surface area contributed by atoms with E-state index in [0.717, 1.165) is 5.56 Å². The molecule has 16 heavy (non-hydrogen) atoms. The molecular weight excluding hydrogens is 249 g/mol. The minimum Gasteiger partial charge on any atom is -0.394 e. The highest BCUT2D eigenvalue weighted by Crippen LogP contribution is 2.21. The van der Waals surface area contributed by atoms with Crippen molar-refractivity contribution < 1.29 is 10.2 Å². The molecule has 0 heterocycles. The summed E-state index contributed by atoms with van der Waals surface area (Å²) in [7, 11) is 0. The van der Waals surface area contributed by atoms with Crippen molar-refractivity contribution in [1.82, 2.24) is 5.32 Å². The smallest absolute Gasteiger partial charge is 0.0633 e. The molecule has 0 aliphatic heterocycles. The lowest BCUT2D eigenvalue weighted by Gasteiger charge is -2.26. The summed E-state index contributed by atoms with van der Waals surface area (Å²) in [4.78, 5) is 0. The first-order valence-electron chi connectivity index (χ1n) is 4.91. The van der Waals surface area contributed by atoms with Crippen molar-refractivity contribution in [2.24, 2.45) is 0 Å². The molecule has 1 aromatic rings. The lowest BCUT2D eigenvalue weighted by Crippen LogP contribution is -2.48. The van der Waals surface area contributed by atoms with Crippen LogP contribution in [0.1, 0.15) is 12.5 Å². The summed E-state index contributed by atoms with van der Waals surface area (Å²) in [6.45, 7) is 1.87. The van der Waals surface area contributed by atoms with Crippen LogP contribution in [0.5, 0.6) is 0 Å². The topological polar surface area (TPSA) is 52.5 Å². The molecule has 0 saturated heterocycles. The van der Waals surface area contributed by atoms with Gasteiger partial charge in [0.15, 0.2) is 0 Å². The van der Waals surface area contributed by atoms with Gasteiger partial charge < -0.3 is 15.5 Å². The average molecular weight is 264 g/mol. The molecule has 0 radical (unpaired) electrons. The molecule has 0 saturated carbocycles. The molecule has 0 atom stereocenters. The standard InChI is InChI=1S/C11H15Cl2NO2/c1-11(6-15,7-16)14-5-8-4-9(12)2-3-10(8)13/h2-4,14-16H,5-7H2,1H3. The summed E-state index contributed by atoms with van der Waals surface area (Å²) in [5.41, 5.74) is 0.119. The van der Waals surface area contributed by atoms with Gasteiger partial charge in [0, 0.05) is 16.6 Å². The van der Waals surface area contributed by atoms with Gasteiger partial charge >= 0.3 is 0 Å². The first-order valence-corrected chi connectivity index (χ1v) is 5.67. The molecule has 3 N–H and O–H groups in total. The first-order chi connectivity index (χ1) is 7.50. The van der Waals surface area contributed by atoms with E-state index >= 15 is 0 Å². The van der Waals surface area contributed by atoms with Crippen LogP contribution < -0.4 is 5.32 Å². The fraction of sp³-hybridized carbons (Fsp3) is 0.455. The Morgan fingerprint density at radius 1 is 1.25 bits per heavy atom. The maximum atomic E-state index is 9.11. The first kappa shape index (κ1) is 13.7. The van der Waals surface area contributed by atoms with Gasteiger partial charge in [-0.2, -0.15) is 0 Å². The maximum Gasteiger partial charge on any atom is 0.0633 e. The average Bonchev–Trinajstić information content (AvgIpc) is 2.30. The normalized spacial score (nSPS) is 11.8. The van der Waals surface area contributed by atoms with Gasteiger partial charge in [0.1, 0.15) is 0 Å². The van der Waals surface area contributed by atoms with Gasteiger partial charge in [-0.15, -0.1) is 0 Å². The molecule has 0 fully saturated rings. The number of rotatable bonds is 5. The van der Waals surface area contributed by atoms with Gasteiger partial charge in [0.2, 0.25) is 0 Å². The number of hydrogen-bond acceptors (Lipinski definition) is 3. The Hall–Kier alpha value is -0.320. The lowest BCUT2D eigenvalue weighted by molar-refractivity contribution is 0.103. The van der Waals surface area contributed by atoms with E-state index in [1.807, 2.05) is 0 Å². The van der Waals surface area contributed by atoms with E-state index in [0.29, 0.717) is 16.6 Å². The highest BCUT2D eigenvalue weighted by molar-refractivity contribution is 6.33. The molecule has 0 bridgehead atoms. The van der Waals surface area contributed by atoms with Gasteiger partial charge in [0.25, 0.3) is 0 Å². The summed E-state index contributed by atoms with van der Waals surface area (Å²) in [5, 5.41) is 22.5. The Labute approximate surface area is 105 Å². The van der Waals surface area contributed by atoms with Crippen LogP contribution in [0.4, 0.5) is 0 Å². The second kappa shape index (κ2) is 5.84. The molecule has 1 aromatic carbocycles. The quantitative estimate of drug-likeness (QED) is 0.760. The second-order valence-electron chi connectivity index (χ2n) is 3.97. The van der Waals surface area contributed by atoms with Crippen LogP contribution >= 0.6 is 23.2 Å². The van der Waals surface area contributed by atoms with Crippen LogP contribution in [0.25, 0.3) is 0 Å². The van der Waals surface area contributed by atoms with Crippen molar-refractivity contribution in [2.45, 2.75) is 19.0 Å². The molecule has 5 heteroatoms. The largest absolute Gasteiger partial charge is 0.394 e. The van der Waals surface area contributed by atoms with Gasteiger partial charge in [0.05, 0.1) is 18.8 Å². The van der Waals surface area contributed by atoms with E-state index in [1.54, 1.807) is 25.1 Å². The Balaban J connectivity index is 2.70. The highest BCUT2D eigenvalue weighted by Gasteiger charge is 2.21. The minimum absolute atomic E-state index is 0.151. The van der Waals surface area contributed by atoms with E-state index in [2.05, 4.69) is 5.32 Å². The SMILES string of the molecule is CC(CO)(CO)NCc1cc(Cl)ccc1Cl. The third-order valence-electron chi connectivity index (χ3n) is 2.41. The Morgan fingerprint density at radius 2 is 1.88 bits per heavy atom. The summed E-state index contributed by atoms with van der Waals surface area (Å²) in [5.74, 6) is 0.